The van der Waals surface area contributed by atoms with Crippen molar-refractivity contribution in [2.75, 3.05) is 7.11 Å². The highest BCUT2D eigenvalue weighted by molar-refractivity contribution is 9.10. The number of methoxy groups -OCH3 is 1. The molecule has 3 rings (SSSR count). The largest absolute Gasteiger partial charge is 0.497 e. The second-order valence-corrected chi connectivity index (χ2v) is 6.22. The summed E-state index contributed by atoms with van der Waals surface area (Å²) in [4.78, 5) is 24.9. The van der Waals surface area contributed by atoms with Crippen molar-refractivity contribution < 1.29 is 14.3 Å². The van der Waals surface area contributed by atoms with Crippen molar-refractivity contribution in [2.24, 2.45) is 0 Å². The fourth-order valence-corrected chi connectivity index (χ4v) is 2.87. The van der Waals surface area contributed by atoms with E-state index in [9.17, 15) is 9.59 Å². The van der Waals surface area contributed by atoms with Crippen molar-refractivity contribution in [3.8, 4) is 11.4 Å². The molecule has 0 bridgehead atoms. The van der Waals surface area contributed by atoms with Gasteiger partial charge in [-0.25, -0.2) is 0 Å². The molecule has 0 saturated carbocycles. The Hall–Kier alpha value is -3.06. The molecule has 1 heterocycles. The standard InChI is InChI=1S/C19H16BrN3O3/c1-26-13-8-9-16(20)15(12-13)19(25)22-21-18(24)14-6-2-3-7-17(14)23-10-4-5-11-23/h2-12H,1H3,(H,21,24)(H,22,25). The highest BCUT2D eigenvalue weighted by Crippen LogP contribution is 2.22. The molecule has 2 N–H and O–H groups in total. The number of carbonyl (C=O) groups is 2. The molecule has 0 saturated heterocycles. The summed E-state index contributed by atoms with van der Waals surface area (Å²) in [5.41, 5.74) is 6.38. The van der Waals surface area contributed by atoms with Crippen LogP contribution in [0.2, 0.25) is 0 Å². The Bertz CT molecular complexity index is 939. The van der Waals surface area contributed by atoms with E-state index in [1.54, 1.807) is 30.3 Å². The first-order valence-corrected chi connectivity index (χ1v) is 8.56. The van der Waals surface area contributed by atoms with Crippen LogP contribution in [-0.4, -0.2) is 23.5 Å². The lowest BCUT2D eigenvalue weighted by molar-refractivity contribution is 0.0846. The SMILES string of the molecule is COc1ccc(Br)c(C(=O)NNC(=O)c2ccccc2-n2cccc2)c1. The molecule has 2 amide bonds. The predicted molar refractivity (Wildman–Crippen MR) is 101 cm³/mol. The molecule has 7 heteroatoms. The molecule has 0 radical (unpaired) electrons. The average Bonchev–Trinajstić information content (AvgIpc) is 3.21. The quantitative estimate of drug-likeness (QED) is 0.644. The second kappa shape index (κ2) is 7.88. The van der Waals surface area contributed by atoms with Crippen LogP contribution in [0.25, 0.3) is 5.69 Å². The third-order valence-corrected chi connectivity index (χ3v) is 4.43. The number of carbonyl (C=O) groups excluding carboxylic acids is 2. The van der Waals surface area contributed by atoms with E-state index in [-0.39, 0.29) is 0 Å². The van der Waals surface area contributed by atoms with Gasteiger partial charge in [0.25, 0.3) is 11.8 Å². The Morgan fingerprint density at radius 3 is 2.27 bits per heavy atom. The first kappa shape index (κ1) is 17.8. The lowest BCUT2D eigenvalue weighted by Crippen LogP contribution is -2.42. The van der Waals surface area contributed by atoms with Crippen molar-refractivity contribution in [3.05, 3.63) is 82.6 Å². The van der Waals surface area contributed by atoms with Gasteiger partial charge < -0.3 is 9.30 Å². The van der Waals surface area contributed by atoms with Crippen LogP contribution >= 0.6 is 15.9 Å². The molecule has 26 heavy (non-hydrogen) atoms. The van der Waals surface area contributed by atoms with Gasteiger partial charge in [0, 0.05) is 16.9 Å². The number of nitrogens with one attached hydrogen (secondary N) is 2. The minimum Gasteiger partial charge on any atom is -0.497 e. The van der Waals surface area contributed by atoms with Crippen molar-refractivity contribution in [1.82, 2.24) is 15.4 Å². The van der Waals surface area contributed by atoms with Crippen LogP contribution < -0.4 is 15.6 Å². The minimum absolute atomic E-state index is 0.350. The van der Waals surface area contributed by atoms with Gasteiger partial charge in [-0.3, -0.25) is 20.4 Å². The maximum Gasteiger partial charge on any atom is 0.271 e. The fourth-order valence-electron chi connectivity index (χ4n) is 2.44. The van der Waals surface area contributed by atoms with Crippen molar-refractivity contribution >= 4 is 27.7 Å². The molecule has 0 atom stereocenters. The van der Waals surface area contributed by atoms with Gasteiger partial charge in [0.05, 0.1) is 23.9 Å². The van der Waals surface area contributed by atoms with Crippen LogP contribution in [-0.2, 0) is 0 Å². The van der Waals surface area contributed by atoms with Gasteiger partial charge in [0.1, 0.15) is 5.75 Å². The topological polar surface area (TPSA) is 72.4 Å². The van der Waals surface area contributed by atoms with Gasteiger partial charge in [-0.1, -0.05) is 12.1 Å². The first-order chi connectivity index (χ1) is 12.6. The van der Waals surface area contributed by atoms with Gasteiger partial charge in [-0.15, -0.1) is 0 Å². The Labute approximate surface area is 158 Å². The van der Waals surface area contributed by atoms with E-state index in [4.69, 9.17) is 4.74 Å². The van der Waals surface area contributed by atoms with Gasteiger partial charge in [-0.2, -0.15) is 0 Å². The summed E-state index contributed by atoms with van der Waals surface area (Å²) < 4.78 is 7.54. The Morgan fingerprint density at radius 2 is 1.58 bits per heavy atom. The second-order valence-electron chi connectivity index (χ2n) is 5.36. The van der Waals surface area contributed by atoms with Crippen LogP contribution in [0.1, 0.15) is 20.7 Å². The Kier molecular flexibility index (Phi) is 5.38. The number of hydrogen-bond donors (Lipinski definition) is 2. The van der Waals surface area contributed by atoms with E-state index >= 15 is 0 Å². The summed E-state index contributed by atoms with van der Waals surface area (Å²) in [5, 5.41) is 0. The molecular formula is C19H16BrN3O3. The lowest BCUT2D eigenvalue weighted by atomic mass is 10.1. The van der Waals surface area contributed by atoms with Crippen molar-refractivity contribution in [3.63, 3.8) is 0 Å². The van der Waals surface area contributed by atoms with Crippen LogP contribution in [0.15, 0.2) is 71.5 Å². The van der Waals surface area contributed by atoms with Gasteiger partial charge in [0.2, 0.25) is 0 Å². The molecule has 3 aromatic rings. The zero-order valence-corrected chi connectivity index (χ0v) is 15.5. The summed E-state index contributed by atoms with van der Waals surface area (Å²) in [6.45, 7) is 0. The highest BCUT2D eigenvalue weighted by Gasteiger charge is 2.15. The Morgan fingerprint density at radius 1 is 0.923 bits per heavy atom. The molecule has 132 valence electrons. The Balaban J connectivity index is 1.75. The number of halogens is 1. The van der Waals surface area contributed by atoms with E-state index < -0.39 is 11.8 Å². The monoisotopic (exact) mass is 413 g/mol. The molecule has 0 aliphatic heterocycles. The van der Waals surface area contributed by atoms with E-state index in [1.807, 2.05) is 41.2 Å². The number of nitrogens with zero attached hydrogens (tertiary/aromatic N) is 1. The lowest BCUT2D eigenvalue weighted by Gasteiger charge is -2.12. The summed E-state index contributed by atoms with van der Waals surface area (Å²) >= 11 is 3.32. The highest BCUT2D eigenvalue weighted by atomic mass is 79.9. The first-order valence-electron chi connectivity index (χ1n) is 7.76. The third-order valence-electron chi connectivity index (χ3n) is 3.74. The molecule has 2 aromatic carbocycles. The number of hydrogen-bond acceptors (Lipinski definition) is 3. The molecular weight excluding hydrogens is 398 g/mol. The van der Waals surface area contributed by atoms with Gasteiger partial charge >= 0.3 is 0 Å². The van der Waals surface area contributed by atoms with E-state index in [1.165, 1.54) is 7.11 Å². The zero-order valence-electron chi connectivity index (χ0n) is 13.9. The number of ether oxygens (including phenoxy) is 1. The van der Waals surface area contributed by atoms with E-state index in [0.717, 1.165) is 0 Å². The molecule has 6 nitrogen and oxygen atoms in total. The summed E-state index contributed by atoms with van der Waals surface area (Å²) in [6, 6.07) is 15.9. The predicted octanol–water partition coefficient (Wildman–Crippen LogP) is 3.32. The molecule has 1 aromatic heterocycles. The number of rotatable bonds is 4. The maximum atomic E-state index is 12.5. The molecule has 0 aliphatic rings. The summed E-state index contributed by atoms with van der Waals surface area (Å²) in [5.74, 6) is -0.327. The van der Waals surface area contributed by atoms with Gasteiger partial charge in [0.15, 0.2) is 0 Å². The van der Waals surface area contributed by atoms with Crippen molar-refractivity contribution in [2.45, 2.75) is 0 Å². The zero-order chi connectivity index (χ0) is 18.5. The number of amides is 2. The summed E-state index contributed by atoms with van der Waals surface area (Å²) in [6.07, 6.45) is 3.69. The van der Waals surface area contributed by atoms with E-state index in [2.05, 4.69) is 26.8 Å². The van der Waals surface area contributed by atoms with Crippen LogP contribution in [0.4, 0.5) is 0 Å². The number of hydrazine groups is 1. The normalized spacial score (nSPS) is 10.2. The number of benzene rings is 2. The summed E-state index contributed by atoms with van der Waals surface area (Å²) in [7, 11) is 1.52. The van der Waals surface area contributed by atoms with E-state index in [0.29, 0.717) is 27.0 Å². The smallest absolute Gasteiger partial charge is 0.271 e. The van der Waals surface area contributed by atoms with Crippen LogP contribution in [0, 0.1) is 0 Å². The van der Waals surface area contributed by atoms with Crippen molar-refractivity contribution in [1.29, 1.82) is 0 Å². The number of para-hydroxylation sites is 1. The van der Waals surface area contributed by atoms with Crippen LogP contribution in [0.3, 0.4) is 0 Å². The molecule has 0 fully saturated rings. The number of aromatic nitrogens is 1. The van der Waals surface area contributed by atoms with Crippen LogP contribution in [0.5, 0.6) is 5.75 Å². The van der Waals surface area contributed by atoms with Gasteiger partial charge in [-0.05, 0) is 58.4 Å². The third kappa shape index (κ3) is 3.78. The molecule has 0 aliphatic carbocycles. The molecule has 0 unspecified atom stereocenters. The maximum absolute atomic E-state index is 12.5. The average molecular weight is 414 g/mol. The molecule has 0 spiro atoms. The fraction of sp³-hybridized carbons (Fsp3) is 0.0526. The minimum atomic E-state index is -0.456.